The fourth-order valence-corrected chi connectivity index (χ4v) is 3.45. The van der Waals surface area contributed by atoms with Crippen molar-refractivity contribution in [3.63, 3.8) is 0 Å². The molecule has 114 valence electrons. The van der Waals surface area contributed by atoms with E-state index in [-0.39, 0.29) is 11.8 Å². The normalized spacial score (nSPS) is 16.1. The van der Waals surface area contributed by atoms with Gasteiger partial charge in [-0.1, -0.05) is 18.2 Å². The van der Waals surface area contributed by atoms with E-state index < -0.39 is 0 Å². The molecule has 2 aromatic rings. The van der Waals surface area contributed by atoms with Gasteiger partial charge in [-0.3, -0.25) is 4.79 Å². The van der Waals surface area contributed by atoms with Crippen molar-refractivity contribution >= 4 is 27.5 Å². The molecule has 0 aliphatic carbocycles. The lowest BCUT2D eigenvalue weighted by Crippen LogP contribution is -2.14. The Balaban J connectivity index is 1.94. The minimum absolute atomic E-state index is 0.0344. The van der Waals surface area contributed by atoms with Gasteiger partial charge >= 0.3 is 0 Å². The Labute approximate surface area is 137 Å². The molecule has 0 saturated heterocycles. The summed E-state index contributed by atoms with van der Waals surface area (Å²) in [6, 6.07) is 11.7. The Hall–Kier alpha value is -2.01. The third-order valence-electron chi connectivity index (χ3n) is 3.84. The molecule has 22 heavy (non-hydrogen) atoms. The number of carbonyl (C=O) groups excluding carboxylic acids is 1. The van der Waals surface area contributed by atoms with Crippen LogP contribution in [0.4, 0.5) is 5.69 Å². The van der Waals surface area contributed by atoms with Crippen LogP contribution in [0.3, 0.4) is 0 Å². The van der Waals surface area contributed by atoms with Crippen LogP contribution in [0.5, 0.6) is 11.5 Å². The first-order valence-electron chi connectivity index (χ1n) is 6.94. The molecule has 3 rings (SSSR count). The smallest absolute Gasteiger partial charge is 0.232 e. The van der Waals surface area contributed by atoms with Gasteiger partial charge in [-0.25, -0.2) is 0 Å². The Morgan fingerprint density at radius 2 is 1.95 bits per heavy atom. The lowest BCUT2D eigenvalue weighted by Gasteiger charge is -2.14. The van der Waals surface area contributed by atoms with Gasteiger partial charge in [0.25, 0.3) is 0 Å². The Bertz CT molecular complexity index is 730. The monoisotopic (exact) mass is 361 g/mol. The second-order valence-electron chi connectivity index (χ2n) is 5.15. The van der Waals surface area contributed by atoms with Crippen LogP contribution in [0.15, 0.2) is 40.9 Å². The van der Waals surface area contributed by atoms with Crippen molar-refractivity contribution in [2.24, 2.45) is 0 Å². The van der Waals surface area contributed by atoms with Crippen molar-refractivity contribution in [3.8, 4) is 11.5 Å². The van der Waals surface area contributed by atoms with Crippen LogP contribution < -0.4 is 14.8 Å². The van der Waals surface area contributed by atoms with Gasteiger partial charge in [-0.05, 0) is 51.7 Å². The minimum Gasteiger partial charge on any atom is -0.493 e. The molecule has 4 nitrogen and oxygen atoms in total. The molecule has 2 aromatic carbocycles. The maximum atomic E-state index is 12.2. The molecule has 5 heteroatoms. The molecular formula is C17H16BrNO3. The number of benzene rings is 2. The van der Waals surface area contributed by atoms with E-state index in [0.29, 0.717) is 17.9 Å². The molecular weight excluding hydrogens is 346 g/mol. The molecule has 1 atom stereocenters. The SMILES string of the molecule is COc1cc(C[C@H]2C(=O)Nc3ccccc32)cc(Br)c1OC. The maximum absolute atomic E-state index is 12.2. The fraction of sp³-hybridized carbons (Fsp3) is 0.235. The summed E-state index contributed by atoms with van der Waals surface area (Å²) in [5.41, 5.74) is 2.96. The quantitative estimate of drug-likeness (QED) is 0.901. The van der Waals surface area contributed by atoms with Gasteiger partial charge in [0.05, 0.1) is 24.6 Å². The van der Waals surface area contributed by atoms with Gasteiger partial charge in [0.15, 0.2) is 11.5 Å². The standard InChI is InChI=1S/C17H16BrNO3/c1-21-15-9-10(8-13(18)16(15)22-2)7-12-11-5-3-4-6-14(11)19-17(12)20/h3-6,8-9,12H,7H2,1-2H3,(H,19,20)/t12-/m1/s1. The van der Waals surface area contributed by atoms with Crippen molar-refractivity contribution in [1.82, 2.24) is 0 Å². The number of halogens is 1. The summed E-state index contributed by atoms with van der Waals surface area (Å²) in [7, 11) is 3.20. The van der Waals surface area contributed by atoms with E-state index in [9.17, 15) is 4.79 Å². The largest absolute Gasteiger partial charge is 0.493 e. The van der Waals surface area contributed by atoms with Crippen LogP contribution >= 0.6 is 15.9 Å². The zero-order chi connectivity index (χ0) is 15.7. The summed E-state index contributed by atoms with van der Waals surface area (Å²) in [6.45, 7) is 0. The number of anilines is 1. The molecule has 1 aliphatic rings. The number of hydrogen-bond donors (Lipinski definition) is 1. The average molecular weight is 362 g/mol. The molecule has 1 heterocycles. The predicted molar refractivity (Wildman–Crippen MR) is 88.8 cm³/mol. The first-order valence-corrected chi connectivity index (χ1v) is 7.73. The third-order valence-corrected chi connectivity index (χ3v) is 4.43. The molecule has 0 aromatic heterocycles. The topological polar surface area (TPSA) is 47.6 Å². The van der Waals surface area contributed by atoms with Gasteiger partial charge in [-0.2, -0.15) is 0 Å². The predicted octanol–water partition coefficient (Wildman–Crippen LogP) is 3.74. The number of ether oxygens (including phenoxy) is 2. The third kappa shape index (κ3) is 2.57. The van der Waals surface area contributed by atoms with Gasteiger partial charge in [0, 0.05) is 5.69 Å². The van der Waals surface area contributed by atoms with Crippen molar-refractivity contribution in [2.45, 2.75) is 12.3 Å². The number of para-hydroxylation sites is 1. The number of fused-ring (bicyclic) bond motifs is 1. The van der Waals surface area contributed by atoms with Crippen LogP contribution in [-0.2, 0) is 11.2 Å². The molecule has 1 N–H and O–H groups in total. The summed E-state index contributed by atoms with van der Waals surface area (Å²) in [4.78, 5) is 12.2. The number of hydrogen-bond acceptors (Lipinski definition) is 3. The Morgan fingerprint density at radius 3 is 2.68 bits per heavy atom. The Kier molecular flexibility index (Phi) is 4.07. The highest BCUT2D eigenvalue weighted by atomic mass is 79.9. The number of nitrogens with one attached hydrogen (secondary N) is 1. The molecule has 0 radical (unpaired) electrons. The van der Waals surface area contributed by atoms with E-state index in [4.69, 9.17) is 9.47 Å². The number of amides is 1. The van der Waals surface area contributed by atoms with Crippen molar-refractivity contribution < 1.29 is 14.3 Å². The molecule has 0 unspecified atom stereocenters. The summed E-state index contributed by atoms with van der Waals surface area (Å²) < 4.78 is 11.5. The van der Waals surface area contributed by atoms with Gasteiger partial charge in [0.2, 0.25) is 5.91 Å². The van der Waals surface area contributed by atoms with Crippen LogP contribution in [0.2, 0.25) is 0 Å². The van der Waals surface area contributed by atoms with Crippen molar-refractivity contribution in [2.75, 3.05) is 19.5 Å². The highest BCUT2D eigenvalue weighted by molar-refractivity contribution is 9.10. The molecule has 0 fully saturated rings. The lowest BCUT2D eigenvalue weighted by atomic mass is 9.93. The molecule has 1 aliphatic heterocycles. The van der Waals surface area contributed by atoms with Crippen LogP contribution in [0, 0.1) is 0 Å². The first kappa shape index (κ1) is 14.9. The van der Waals surface area contributed by atoms with E-state index >= 15 is 0 Å². The van der Waals surface area contributed by atoms with Crippen LogP contribution in [0.1, 0.15) is 17.0 Å². The van der Waals surface area contributed by atoms with Crippen LogP contribution in [-0.4, -0.2) is 20.1 Å². The van der Waals surface area contributed by atoms with E-state index in [1.165, 1.54) is 0 Å². The maximum Gasteiger partial charge on any atom is 0.232 e. The Morgan fingerprint density at radius 1 is 1.18 bits per heavy atom. The summed E-state index contributed by atoms with van der Waals surface area (Å²) in [5, 5.41) is 2.93. The van der Waals surface area contributed by atoms with Crippen molar-refractivity contribution in [3.05, 3.63) is 52.0 Å². The highest BCUT2D eigenvalue weighted by Crippen LogP contribution is 2.39. The van der Waals surface area contributed by atoms with E-state index in [1.54, 1.807) is 14.2 Å². The van der Waals surface area contributed by atoms with Gasteiger partial charge in [0.1, 0.15) is 0 Å². The summed E-state index contributed by atoms with van der Waals surface area (Å²) in [6.07, 6.45) is 0.613. The number of carbonyl (C=O) groups is 1. The lowest BCUT2D eigenvalue weighted by molar-refractivity contribution is -0.117. The van der Waals surface area contributed by atoms with E-state index in [2.05, 4.69) is 21.2 Å². The van der Waals surface area contributed by atoms with Crippen LogP contribution in [0.25, 0.3) is 0 Å². The number of methoxy groups -OCH3 is 2. The van der Waals surface area contributed by atoms with Gasteiger partial charge < -0.3 is 14.8 Å². The van der Waals surface area contributed by atoms with E-state index in [0.717, 1.165) is 21.3 Å². The number of rotatable bonds is 4. The van der Waals surface area contributed by atoms with Crippen molar-refractivity contribution in [1.29, 1.82) is 0 Å². The fourth-order valence-electron chi connectivity index (χ4n) is 2.80. The van der Waals surface area contributed by atoms with E-state index in [1.807, 2.05) is 36.4 Å². The van der Waals surface area contributed by atoms with Gasteiger partial charge in [-0.15, -0.1) is 0 Å². The summed E-state index contributed by atoms with van der Waals surface area (Å²) in [5.74, 6) is 1.16. The summed E-state index contributed by atoms with van der Waals surface area (Å²) >= 11 is 3.49. The molecule has 0 bridgehead atoms. The molecule has 0 spiro atoms. The first-order chi connectivity index (χ1) is 10.6. The molecule has 1 amide bonds. The molecule has 0 saturated carbocycles. The minimum atomic E-state index is -0.179. The zero-order valence-corrected chi connectivity index (χ0v) is 13.9. The zero-order valence-electron chi connectivity index (χ0n) is 12.4. The highest BCUT2D eigenvalue weighted by Gasteiger charge is 2.30. The average Bonchev–Trinajstić information content (AvgIpc) is 2.83. The second-order valence-corrected chi connectivity index (χ2v) is 6.00. The second kappa shape index (κ2) is 6.01.